The molecule has 14 heavy (non-hydrogen) atoms. The number of rotatable bonds is 7. The quantitative estimate of drug-likeness (QED) is 0.610. The fourth-order valence-corrected chi connectivity index (χ4v) is 2.24. The zero-order valence-electron chi connectivity index (χ0n) is 8.96. The Morgan fingerprint density at radius 3 is 2.79 bits per heavy atom. The lowest BCUT2D eigenvalue weighted by Gasteiger charge is -1.97. The van der Waals surface area contributed by atoms with Crippen LogP contribution in [-0.4, -0.2) is 4.98 Å². The number of aromatic nitrogens is 1. The topological polar surface area (TPSA) is 12.9 Å². The Bertz CT molecular complexity index is 265. The summed E-state index contributed by atoms with van der Waals surface area (Å²) in [6.07, 6.45) is 11.7. The zero-order valence-corrected chi connectivity index (χ0v) is 9.78. The first-order chi connectivity index (χ1) is 6.86. The van der Waals surface area contributed by atoms with E-state index >= 15 is 0 Å². The van der Waals surface area contributed by atoms with Gasteiger partial charge in [0.2, 0.25) is 0 Å². The van der Waals surface area contributed by atoms with Crippen molar-refractivity contribution >= 4 is 17.4 Å². The van der Waals surface area contributed by atoms with E-state index in [2.05, 4.69) is 18.5 Å². The first-order valence-electron chi connectivity index (χ1n) is 5.44. The molecular weight excluding hydrogens is 190 g/mol. The summed E-state index contributed by atoms with van der Waals surface area (Å²) in [5, 5.41) is 1.05. The summed E-state index contributed by atoms with van der Waals surface area (Å²) in [6.45, 7) is 5.96. The number of unbranched alkanes of at least 4 members (excludes halogenated alkanes) is 4. The van der Waals surface area contributed by atoms with E-state index in [0.29, 0.717) is 0 Å². The highest BCUT2D eigenvalue weighted by molar-refractivity contribution is 7.12. The third-order valence-electron chi connectivity index (χ3n) is 2.27. The Hall–Kier alpha value is -0.630. The molecule has 1 aromatic heterocycles. The lowest BCUT2D eigenvalue weighted by Crippen LogP contribution is -1.81. The first kappa shape index (κ1) is 11.4. The van der Waals surface area contributed by atoms with Gasteiger partial charge in [-0.1, -0.05) is 39.2 Å². The van der Waals surface area contributed by atoms with Crippen LogP contribution in [0.15, 0.2) is 12.8 Å². The van der Waals surface area contributed by atoms with Gasteiger partial charge in [0.15, 0.2) is 0 Å². The maximum absolute atomic E-state index is 4.25. The predicted molar refractivity (Wildman–Crippen MR) is 64.7 cm³/mol. The number of hydrogen-bond acceptors (Lipinski definition) is 2. The Labute approximate surface area is 90.9 Å². The van der Waals surface area contributed by atoms with E-state index in [1.54, 1.807) is 11.3 Å². The van der Waals surface area contributed by atoms with Crippen LogP contribution in [-0.2, 0) is 6.42 Å². The molecule has 1 heterocycles. The van der Waals surface area contributed by atoms with Crippen molar-refractivity contribution in [3.05, 3.63) is 22.7 Å². The highest BCUT2D eigenvalue weighted by Crippen LogP contribution is 2.16. The fraction of sp³-hybridized carbons (Fsp3) is 0.583. The number of nitrogens with zero attached hydrogens (tertiary/aromatic N) is 1. The second-order valence-corrected chi connectivity index (χ2v) is 4.68. The maximum Gasteiger partial charge on any atom is 0.115 e. The van der Waals surface area contributed by atoms with Gasteiger partial charge < -0.3 is 0 Å². The van der Waals surface area contributed by atoms with Crippen molar-refractivity contribution < 1.29 is 0 Å². The minimum Gasteiger partial charge on any atom is -0.245 e. The Morgan fingerprint density at radius 2 is 2.14 bits per heavy atom. The molecule has 0 aliphatic heterocycles. The van der Waals surface area contributed by atoms with Gasteiger partial charge in [0.25, 0.3) is 0 Å². The third kappa shape index (κ3) is 4.05. The highest BCUT2D eigenvalue weighted by Gasteiger charge is 1.98. The van der Waals surface area contributed by atoms with Crippen LogP contribution >= 0.6 is 11.3 Å². The van der Waals surface area contributed by atoms with Gasteiger partial charge in [-0.2, -0.15) is 0 Å². The normalized spacial score (nSPS) is 10.4. The van der Waals surface area contributed by atoms with Crippen LogP contribution in [0.25, 0.3) is 6.08 Å². The van der Waals surface area contributed by atoms with Crippen molar-refractivity contribution in [3.8, 4) is 0 Å². The molecule has 0 aliphatic rings. The summed E-state index contributed by atoms with van der Waals surface area (Å²) in [5.74, 6) is 0. The molecule has 0 atom stereocenters. The van der Waals surface area contributed by atoms with Gasteiger partial charge in [0.05, 0.1) is 0 Å². The van der Waals surface area contributed by atoms with E-state index in [1.807, 2.05) is 12.3 Å². The maximum atomic E-state index is 4.25. The van der Waals surface area contributed by atoms with E-state index in [9.17, 15) is 0 Å². The molecule has 1 nitrogen and oxygen atoms in total. The van der Waals surface area contributed by atoms with Crippen molar-refractivity contribution in [1.82, 2.24) is 4.98 Å². The molecule has 0 radical (unpaired) electrons. The molecule has 0 bridgehead atoms. The summed E-state index contributed by atoms with van der Waals surface area (Å²) in [6, 6.07) is 0. The van der Waals surface area contributed by atoms with E-state index in [1.165, 1.54) is 43.4 Å². The van der Waals surface area contributed by atoms with Crippen LogP contribution in [0.1, 0.15) is 48.9 Å². The molecular formula is C12H19NS. The second kappa shape index (κ2) is 6.77. The molecule has 0 unspecified atom stereocenters. The standard InChI is InChI=1S/C12H19NS/c1-3-5-6-7-8-9-11-10-13-12(4-2)14-11/h4,10H,2-3,5-9H2,1H3. The van der Waals surface area contributed by atoms with Crippen molar-refractivity contribution in [2.24, 2.45) is 0 Å². The fourth-order valence-electron chi connectivity index (χ4n) is 1.44. The van der Waals surface area contributed by atoms with Gasteiger partial charge in [-0.3, -0.25) is 0 Å². The average Bonchev–Trinajstić information content (AvgIpc) is 2.65. The second-order valence-electron chi connectivity index (χ2n) is 3.53. The van der Waals surface area contributed by atoms with Crippen molar-refractivity contribution in [2.75, 3.05) is 0 Å². The molecule has 0 fully saturated rings. The molecule has 0 saturated heterocycles. The van der Waals surface area contributed by atoms with Gasteiger partial charge in [-0.05, 0) is 18.9 Å². The summed E-state index contributed by atoms with van der Waals surface area (Å²) in [5.41, 5.74) is 0. The molecule has 1 aromatic rings. The molecule has 0 aromatic carbocycles. The average molecular weight is 209 g/mol. The van der Waals surface area contributed by atoms with Crippen LogP contribution in [0.2, 0.25) is 0 Å². The summed E-state index contributed by atoms with van der Waals surface area (Å²) < 4.78 is 0. The van der Waals surface area contributed by atoms with Crippen LogP contribution in [0.4, 0.5) is 0 Å². The summed E-state index contributed by atoms with van der Waals surface area (Å²) in [4.78, 5) is 5.65. The molecule has 0 amide bonds. The van der Waals surface area contributed by atoms with Gasteiger partial charge in [0.1, 0.15) is 5.01 Å². The smallest absolute Gasteiger partial charge is 0.115 e. The van der Waals surface area contributed by atoms with Crippen molar-refractivity contribution in [2.45, 2.75) is 45.4 Å². The highest BCUT2D eigenvalue weighted by atomic mass is 32.1. The molecule has 0 saturated carbocycles. The van der Waals surface area contributed by atoms with E-state index in [4.69, 9.17) is 0 Å². The van der Waals surface area contributed by atoms with Crippen LogP contribution in [0.3, 0.4) is 0 Å². The third-order valence-corrected chi connectivity index (χ3v) is 3.33. The minimum atomic E-state index is 1.05. The van der Waals surface area contributed by atoms with Crippen LogP contribution in [0.5, 0.6) is 0 Å². The number of aryl methyl sites for hydroxylation is 1. The number of hydrogen-bond donors (Lipinski definition) is 0. The molecule has 78 valence electrons. The molecule has 1 rings (SSSR count). The Balaban J connectivity index is 2.14. The van der Waals surface area contributed by atoms with Gasteiger partial charge in [-0.25, -0.2) is 4.98 Å². The number of thiazole rings is 1. The first-order valence-corrected chi connectivity index (χ1v) is 6.25. The Kier molecular flexibility index (Phi) is 5.53. The van der Waals surface area contributed by atoms with E-state index in [-0.39, 0.29) is 0 Å². The van der Waals surface area contributed by atoms with E-state index < -0.39 is 0 Å². The molecule has 0 N–H and O–H groups in total. The lowest BCUT2D eigenvalue weighted by molar-refractivity contribution is 0.634. The van der Waals surface area contributed by atoms with Crippen molar-refractivity contribution in [1.29, 1.82) is 0 Å². The van der Waals surface area contributed by atoms with Crippen molar-refractivity contribution in [3.63, 3.8) is 0 Å². The monoisotopic (exact) mass is 209 g/mol. The van der Waals surface area contributed by atoms with Gasteiger partial charge >= 0.3 is 0 Å². The van der Waals surface area contributed by atoms with Gasteiger partial charge in [0, 0.05) is 11.1 Å². The summed E-state index contributed by atoms with van der Waals surface area (Å²) in [7, 11) is 0. The lowest BCUT2D eigenvalue weighted by atomic mass is 10.1. The minimum absolute atomic E-state index is 1.05. The largest absolute Gasteiger partial charge is 0.245 e. The molecule has 0 aliphatic carbocycles. The summed E-state index contributed by atoms with van der Waals surface area (Å²) >= 11 is 1.77. The zero-order chi connectivity index (χ0) is 10.2. The van der Waals surface area contributed by atoms with E-state index in [0.717, 1.165) is 5.01 Å². The van der Waals surface area contributed by atoms with Crippen LogP contribution in [0, 0.1) is 0 Å². The Morgan fingerprint density at radius 1 is 1.36 bits per heavy atom. The van der Waals surface area contributed by atoms with Crippen LogP contribution < -0.4 is 0 Å². The van der Waals surface area contributed by atoms with Gasteiger partial charge in [-0.15, -0.1) is 11.3 Å². The predicted octanol–water partition coefficient (Wildman–Crippen LogP) is 4.30. The SMILES string of the molecule is C=Cc1ncc(CCCCCCC)s1. The molecule has 2 heteroatoms. The molecule has 0 spiro atoms.